The molecule has 3 heterocycles. The van der Waals surface area contributed by atoms with Crippen LogP contribution in [0, 0.1) is 0 Å². The number of nitrogens with zero attached hydrogens (tertiary/aromatic N) is 4. The Balaban J connectivity index is 1.35. The van der Waals surface area contributed by atoms with E-state index in [0.29, 0.717) is 28.8 Å². The van der Waals surface area contributed by atoms with Gasteiger partial charge >= 0.3 is 6.18 Å². The van der Waals surface area contributed by atoms with Crippen LogP contribution in [0.25, 0.3) is 28.5 Å². The third kappa shape index (κ3) is 6.39. The van der Waals surface area contributed by atoms with E-state index in [1.165, 1.54) is 12.1 Å². The number of alkyl halides is 3. The third-order valence-corrected chi connectivity index (χ3v) is 6.18. The number of amides is 1. The van der Waals surface area contributed by atoms with Crippen molar-refractivity contribution in [2.75, 3.05) is 17.2 Å². The number of hydrogen-bond acceptors (Lipinski definition) is 7. The number of hydrogen-bond donors (Lipinski definition) is 3. The second kappa shape index (κ2) is 11.4. The van der Waals surface area contributed by atoms with Gasteiger partial charge in [-0.15, -0.1) is 0 Å². The van der Waals surface area contributed by atoms with Crippen molar-refractivity contribution < 1.29 is 27.5 Å². The zero-order valence-corrected chi connectivity index (χ0v) is 22.1. The van der Waals surface area contributed by atoms with Crippen molar-refractivity contribution in [3.8, 4) is 28.5 Å². The van der Waals surface area contributed by atoms with Crippen LogP contribution in [-0.2, 0) is 6.18 Å². The standard InChI is InChI=1S/C28H22ClF3N6O3/c1-16(39)15-35-27-34-10-9-24(37-27)38-12-11-33-25(38)17-3-2-4-19(13-17)36-26(40)23-8-7-22(41-23)20-14-18(28(30,31)32)5-6-21(20)29/h2-14,16,39H,15H2,1H3,(H,36,40)(H,34,35,37). The van der Waals surface area contributed by atoms with E-state index in [2.05, 4.69) is 25.6 Å². The molecular formula is C28H22ClF3N6O3. The van der Waals surface area contributed by atoms with Crippen molar-refractivity contribution in [2.24, 2.45) is 0 Å². The van der Waals surface area contributed by atoms with Crippen LogP contribution in [0.5, 0.6) is 0 Å². The summed E-state index contributed by atoms with van der Waals surface area (Å²) in [5, 5.41) is 15.2. The highest BCUT2D eigenvalue weighted by molar-refractivity contribution is 6.33. The summed E-state index contributed by atoms with van der Waals surface area (Å²) in [6.07, 6.45) is -0.219. The average Bonchev–Trinajstić information content (AvgIpc) is 3.63. The highest BCUT2D eigenvalue weighted by Crippen LogP contribution is 2.36. The number of nitrogens with one attached hydrogen (secondary N) is 2. The van der Waals surface area contributed by atoms with E-state index < -0.39 is 23.8 Å². The summed E-state index contributed by atoms with van der Waals surface area (Å²) >= 11 is 6.10. The molecule has 210 valence electrons. The Bertz CT molecular complexity index is 1700. The highest BCUT2D eigenvalue weighted by Gasteiger charge is 2.31. The Kier molecular flexibility index (Phi) is 7.77. The lowest BCUT2D eigenvalue weighted by Gasteiger charge is -2.11. The van der Waals surface area contributed by atoms with Gasteiger partial charge in [0.05, 0.1) is 16.7 Å². The second-order valence-electron chi connectivity index (χ2n) is 8.98. The third-order valence-electron chi connectivity index (χ3n) is 5.85. The van der Waals surface area contributed by atoms with Crippen LogP contribution in [-0.4, -0.2) is 43.2 Å². The number of benzene rings is 2. The molecule has 3 N–H and O–H groups in total. The van der Waals surface area contributed by atoms with Crippen LogP contribution in [0.3, 0.4) is 0 Å². The number of halogens is 4. The molecule has 0 radical (unpaired) electrons. The molecule has 0 aliphatic carbocycles. The van der Waals surface area contributed by atoms with Crippen LogP contribution in [0.1, 0.15) is 23.0 Å². The maximum absolute atomic E-state index is 13.2. The lowest BCUT2D eigenvalue weighted by atomic mass is 10.1. The smallest absolute Gasteiger partial charge is 0.416 e. The topological polar surface area (TPSA) is 118 Å². The molecule has 1 atom stereocenters. The van der Waals surface area contributed by atoms with Gasteiger partial charge < -0.3 is 20.2 Å². The summed E-state index contributed by atoms with van der Waals surface area (Å²) in [5.41, 5.74) is 0.229. The van der Waals surface area contributed by atoms with Gasteiger partial charge in [-0.05, 0) is 55.5 Å². The number of aromatic nitrogens is 4. The molecule has 0 bridgehead atoms. The number of anilines is 2. The maximum atomic E-state index is 13.2. The number of carbonyl (C=O) groups excluding carboxylic acids is 1. The van der Waals surface area contributed by atoms with E-state index in [4.69, 9.17) is 16.0 Å². The fourth-order valence-corrected chi connectivity index (χ4v) is 4.14. The Morgan fingerprint density at radius 1 is 1.10 bits per heavy atom. The van der Waals surface area contributed by atoms with E-state index in [1.54, 1.807) is 54.3 Å². The first-order valence-electron chi connectivity index (χ1n) is 12.3. The van der Waals surface area contributed by atoms with Gasteiger partial charge in [-0.3, -0.25) is 9.36 Å². The first-order valence-corrected chi connectivity index (χ1v) is 12.6. The van der Waals surface area contributed by atoms with Gasteiger partial charge in [-0.1, -0.05) is 23.7 Å². The van der Waals surface area contributed by atoms with E-state index in [-0.39, 0.29) is 28.7 Å². The van der Waals surface area contributed by atoms with Crippen LogP contribution in [0.2, 0.25) is 5.02 Å². The summed E-state index contributed by atoms with van der Waals surface area (Å²) in [6, 6.07) is 14.2. The molecule has 2 aromatic carbocycles. The van der Waals surface area contributed by atoms with Crippen molar-refractivity contribution in [3.63, 3.8) is 0 Å². The molecule has 5 aromatic rings. The van der Waals surface area contributed by atoms with Crippen molar-refractivity contribution in [2.45, 2.75) is 19.2 Å². The lowest BCUT2D eigenvalue weighted by molar-refractivity contribution is -0.137. The summed E-state index contributed by atoms with van der Waals surface area (Å²) in [7, 11) is 0. The summed E-state index contributed by atoms with van der Waals surface area (Å²) in [5.74, 6) is 0.720. The predicted octanol–water partition coefficient (Wildman–Crippen LogP) is 6.31. The minimum Gasteiger partial charge on any atom is -0.451 e. The molecule has 0 saturated carbocycles. The molecule has 0 aliphatic rings. The van der Waals surface area contributed by atoms with Crippen LogP contribution in [0.4, 0.5) is 24.8 Å². The molecule has 1 unspecified atom stereocenters. The number of imidazole rings is 1. The first kappa shape index (κ1) is 27.9. The summed E-state index contributed by atoms with van der Waals surface area (Å²) < 4.78 is 46.8. The number of aliphatic hydroxyl groups is 1. The van der Waals surface area contributed by atoms with Crippen molar-refractivity contribution >= 4 is 29.1 Å². The minimum atomic E-state index is -4.56. The number of aliphatic hydroxyl groups excluding tert-OH is 1. The normalized spacial score (nSPS) is 12.2. The monoisotopic (exact) mass is 582 g/mol. The predicted molar refractivity (Wildman–Crippen MR) is 147 cm³/mol. The highest BCUT2D eigenvalue weighted by atomic mass is 35.5. The van der Waals surface area contributed by atoms with Crippen molar-refractivity contribution in [1.29, 1.82) is 0 Å². The van der Waals surface area contributed by atoms with Gasteiger partial charge in [0.25, 0.3) is 5.91 Å². The molecule has 0 aliphatic heterocycles. The van der Waals surface area contributed by atoms with Crippen molar-refractivity contribution in [1.82, 2.24) is 19.5 Å². The maximum Gasteiger partial charge on any atom is 0.416 e. The molecule has 0 spiro atoms. The van der Waals surface area contributed by atoms with Crippen LogP contribution in [0.15, 0.2) is 83.7 Å². The van der Waals surface area contributed by atoms with Gasteiger partial charge in [0.15, 0.2) is 5.76 Å². The fourth-order valence-electron chi connectivity index (χ4n) is 3.93. The number of furan rings is 1. The van der Waals surface area contributed by atoms with Crippen LogP contribution >= 0.6 is 11.6 Å². The lowest BCUT2D eigenvalue weighted by Crippen LogP contribution is -2.17. The van der Waals surface area contributed by atoms with Gasteiger partial charge in [0.1, 0.15) is 17.4 Å². The zero-order chi connectivity index (χ0) is 29.1. The Morgan fingerprint density at radius 3 is 2.71 bits per heavy atom. The summed E-state index contributed by atoms with van der Waals surface area (Å²) in [6.45, 7) is 1.93. The molecule has 9 nitrogen and oxygen atoms in total. The average molecular weight is 583 g/mol. The van der Waals surface area contributed by atoms with Gasteiger partial charge in [0, 0.05) is 41.9 Å². The SMILES string of the molecule is CC(O)CNc1nccc(-n2ccnc2-c2cccc(NC(=O)c3ccc(-c4cc(C(F)(F)F)ccc4Cl)o3)c2)n1. The Hall–Kier alpha value is -4.68. The molecule has 0 fully saturated rings. The van der Waals surface area contributed by atoms with E-state index in [1.807, 2.05) is 6.07 Å². The zero-order valence-electron chi connectivity index (χ0n) is 21.4. The molecule has 0 saturated heterocycles. The van der Waals surface area contributed by atoms with Gasteiger partial charge in [-0.25, -0.2) is 9.97 Å². The van der Waals surface area contributed by atoms with Crippen LogP contribution < -0.4 is 10.6 Å². The minimum absolute atomic E-state index is 0.0170. The van der Waals surface area contributed by atoms with E-state index in [0.717, 1.165) is 18.2 Å². The first-order chi connectivity index (χ1) is 19.6. The second-order valence-corrected chi connectivity index (χ2v) is 9.39. The van der Waals surface area contributed by atoms with Gasteiger partial charge in [0.2, 0.25) is 5.95 Å². The molecule has 5 rings (SSSR count). The molecular weight excluding hydrogens is 561 g/mol. The fraction of sp³-hybridized carbons (Fsp3) is 0.143. The molecule has 3 aromatic heterocycles. The van der Waals surface area contributed by atoms with E-state index in [9.17, 15) is 23.1 Å². The van der Waals surface area contributed by atoms with Crippen molar-refractivity contribution in [3.05, 3.63) is 95.6 Å². The molecule has 41 heavy (non-hydrogen) atoms. The molecule has 1 amide bonds. The Labute approximate surface area is 236 Å². The quantitative estimate of drug-likeness (QED) is 0.196. The van der Waals surface area contributed by atoms with E-state index >= 15 is 0 Å². The molecule has 13 heteroatoms. The Morgan fingerprint density at radius 2 is 1.93 bits per heavy atom. The number of rotatable bonds is 8. The number of carbonyl (C=O) groups is 1. The van der Waals surface area contributed by atoms with Gasteiger partial charge in [-0.2, -0.15) is 18.2 Å². The summed E-state index contributed by atoms with van der Waals surface area (Å²) in [4.78, 5) is 26.0. The largest absolute Gasteiger partial charge is 0.451 e.